The Balaban J connectivity index is 0. The van der Waals surface area contributed by atoms with Crippen LogP contribution in [0.2, 0.25) is 0 Å². The molecule has 0 aromatic rings. The molecule has 12 heavy (non-hydrogen) atoms. The summed E-state index contributed by atoms with van der Waals surface area (Å²) < 4.78 is 8.69. The summed E-state index contributed by atoms with van der Waals surface area (Å²) in [6, 6.07) is 0. The maximum atomic E-state index is 4.34. The fourth-order valence-corrected chi connectivity index (χ4v) is 0.767. The summed E-state index contributed by atoms with van der Waals surface area (Å²) in [5.74, 6) is 0. The Labute approximate surface area is 77.3 Å². The second-order valence-corrected chi connectivity index (χ2v) is 2.19. The van der Waals surface area contributed by atoms with Crippen LogP contribution < -0.4 is 0 Å². The van der Waals surface area contributed by atoms with Crippen molar-refractivity contribution in [2.24, 2.45) is 0 Å². The molecule has 73 valence electrons. The second kappa shape index (κ2) is 13.5. The summed E-state index contributed by atoms with van der Waals surface area (Å²) in [6.07, 6.45) is 0. The van der Waals surface area contributed by atoms with Gasteiger partial charge in [0.05, 0.1) is 0 Å². The quantitative estimate of drug-likeness (QED) is 0.584. The first kappa shape index (κ1) is 14.5. The lowest BCUT2D eigenvalue weighted by Gasteiger charge is -2.13. The Hall–Kier alpha value is -0.0551. The van der Waals surface area contributed by atoms with Gasteiger partial charge in [-0.05, 0) is 19.6 Å². The van der Waals surface area contributed by atoms with Crippen molar-refractivity contribution in [2.75, 3.05) is 33.9 Å². The largest absolute Gasteiger partial charge is 0.487 e. The predicted octanol–water partition coefficient (Wildman–Crippen LogP) is 1.16. The van der Waals surface area contributed by atoms with E-state index in [1.165, 1.54) is 41.5 Å². The molecule has 0 rings (SSSR count). The molecule has 4 heteroatoms. The van der Waals surface area contributed by atoms with E-state index in [0.717, 1.165) is 0 Å². The van der Waals surface area contributed by atoms with Crippen LogP contribution in [0.5, 0.6) is 0 Å². The molecule has 0 aliphatic heterocycles. The van der Waals surface area contributed by atoms with E-state index in [0.29, 0.717) is 0 Å². The Morgan fingerprint density at radius 3 is 1.25 bits per heavy atom. The van der Waals surface area contributed by atoms with E-state index < -0.39 is 0 Å². The van der Waals surface area contributed by atoms with Crippen LogP contribution in [0.1, 0.15) is 20.8 Å². The molecule has 0 aromatic carbocycles. The summed E-state index contributed by atoms with van der Waals surface area (Å²) in [7, 11) is 4.31. The monoisotopic (exact) mass is 174 g/mol. The third-order valence-electron chi connectivity index (χ3n) is 1.53. The highest BCUT2D eigenvalue weighted by molar-refractivity contribution is 6.17. The van der Waals surface area contributed by atoms with Crippen LogP contribution in [0, 0.1) is 0 Å². The summed E-state index contributed by atoms with van der Waals surface area (Å²) in [5.41, 5.74) is 0. The van der Waals surface area contributed by atoms with Gasteiger partial charge in [-0.2, -0.15) is 0 Å². The minimum Gasteiger partial charge on any atom is -0.416 e. The maximum absolute atomic E-state index is 4.34. The average Bonchev–Trinajstić information content (AvgIpc) is 2.10. The fraction of sp³-hybridized carbons (Fsp3) is 1.00. The van der Waals surface area contributed by atoms with E-state index >= 15 is 0 Å². The lowest BCUT2D eigenvalue weighted by atomic mass is 10.4. The molecule has 0 bridgehead atoms. The van der Waals surface area contributed by atoms with Gasteiger partial charge in [0.25, 0.3) is 0 Å². The molecule has 0 amide bonds. The van der Waals surface area contributed by atoms with Gasteiger partial charge in [0, 0.05) is 14.2 Å². The van der Waals surface area contributed by atoms with Crippen LogP contribution in [0.3, 0.4) is 0 Å². The van der Waals surface area contributed by atoms with E-state index in [-0.39, 0.29) is 0 Å². The molecular weight excluding hydrogens is 153 g/mol. The van der Waals surface area contributed by atoms with E-state index in [1.807, 2.05) is 0 Å². The first-order valence-corrected chi connectivity index (χ1v) is 4.36. The van der Waals surface area contributed by atoms with Crippen molar-refractivity contribution in [3.8, 4) is 0 Å². The standard InChI is InChI=1S/C6H15N.C2H6BO2/c1-4-7(5-2)6-3;1-4-3-5-2/h4-6H2,1-3H3;1-2H3. The van der Waals surface area contributed by atoms with Gasteiger partial charge in [-0.25, -0.2) is 0 Å². The van der Waals surface area contributed by atoms with E-state index in [2.05, 4.69) is 35.0 Å². The molecule has 0 atom stereocenters. The lowest BCUT2D eigenvalue weighted by Crippen LogP contribution is -2.21. The summed E-state index contributed by atoms with van der Waals surface area (Å²) >= 11 is 0. The third kappa shape index (κ3) is 12.6. The van der Waals surface area contributed by atoms with Gasteiger partial charge in [0.2, 0.25) is 0 Å². The van der Waals surface area contributed by atoms with Gasteiger partial charge in [0.15, 0.2) is 0 Å². The number of hydrogen-bond acceptors (Lipinski definition) is 3. The van der Waals surface area contributed by atoms with Crippen LogP contribution >= 0.6 is 0 Å². The Morgan fingerprint density at radius 2 is 1.25 bits per heavy atom. The zero-order chi connectivity index (χ0) is 9.82. The summed E-state index contributed by atoms with van der Waals surface area (Å²) in [5, 5.41) is 0. The summed E-state index contributed by atoms with van der Waals surface area (Å²) in [6.45, 7) is 10.1. The zero-order valence-electron chi connectivity index (χ0n) is 8.96. The van der Waals surface area contributed by atoms with Crippen molar-refractivity contribution >= 4 is 7.69 Å². The SMILES string of the molecule is CCN(CC)CC.CO[B]OC. The van der Waals surface area contributed by atoms with Crippen molar-refractivity contribution in [3.63, 3.8) is 0 Å². The van der Waals surface area contributed by atoms with Crippen molar-refractivity contribution < 1.29 is 9.31 Å². The van der Waals surface area contributed by atoms with Gasteiger partial charge in [-0.3, -0.25) is 0 Å². The topological polar surface area (TPSA) is 21.7 Å². The molecule has 3 nitrogen and oxygen atoms in total. The van der Waals surface area contributed by atoms with Crippen LogP contribution in [0.15, 0.2) is 0 Å². The molecule has 0 unspecified atom stereocenters. The highest BCUT2D eigenvalue weighted by Gasteiger charge is 1.89. The molecule has 0 saturated heterocycles. The molecule has 0 fully saturated rings. The number of nitrogens with zero attached hydrogens (tertiary/aromatic N) is 1. The third-order valence-corrected chi connectivity index (χ3v) is 1.53. The van der Waals surface area contributed by atoms with Gasteiger partial charge in [-0.15, -0.1) is 0 Å². The minimum atomic E-state index is 1.19. The van der Waals surface area contributed by atoms with Gasteiger partial charge in [0.1, 0.15) is 0 Å². The predicted molar refractivity (Wildman–Crippen MR) is 53.2 cm³/mol. The van der Waals surface area contributed by atoms with E-state index in [4.69, 9.17) is 0 Å². The molecule has 0 saturated carbocycles. The molecule has 0 spiro atoms. The van der Waals surface area contributed by atoms with E-state index in [1.54, 1.807) is 0 Å². The van der Waals surface area contributed by atoms with Crippen LogP contribution in [-0.4, -0.2) is 46.4 Å². The van der Waals surface area contributed by atoms with Gasteiger partial charge in [-0.1, -0.05) is 20.8 Å². The van der Waals surface area contributed by atoms with Gasteiger partial charge >= 0.3 is 7.69 Å². The summed E-state index contributed by atoms with van der Waals surface area (Å²) in [4.78, 5) is 2.38. The molecule has 0 aliphatic rings. The number of rotatable bonds is 5. The normalized spacial score (nSPS) is 9.17. The molecule has 1 radical (unpaired) electrons. The molecule has 0 aromatic heterocycles. The smallest absolute Gasteiger partial charge is 0.416 e. The van der Waals surface area contributed by atoms with Crippen molar-refractivity contribution in [3.05, 3.63) is 0 Å². The Bertz CT molecular complexity index is 62.6. The maximum Gasteiger partial charge on any atom is 0.487 e. The Morgan fingerprint density at radius 1 is 0.917 bits per heavy atom. The van der Waals surface area contributed by atoms with E-state index in [9.17, 15) is 0 Å². The second-order valence-electron chi connectivity index (χ2n) is 2.19. The van der Waals surface area contributed by atoms with Crippen LogP contribution in [0.25, 0.3) is 0 Å². The highest BCUT2D eigenvalue weighted by atomic mass is 16.6. The molecular formula is C8H21BNO2. The molecule has 0 aliphatic carbocycles. The first-order valence-electron chi connectivity index (χ1n) is 4.36. The van der Waals surface area contributed by atoms with Crippen molar-refractivity contribution in [1.82, 2.24) is 4.90 Å². The zero-order valence-corrected chi connectivity index (χ0v) is 8.96. The van der Waals surface area contributed by atoms with Gasteiger partial charge < -0.3 is 14.2 Å². The lowest BCUT2D eigenvalue weighted by molar-refractivity contribution is 0.309. The molecule has 0 N–H and O–H groups in total. The van der Waals surface area contributed by atoms with Crippen LogP contribution in [0.4, 0.5) is 0 Å². The van der Waals surface area contributed by atoms with Crippen molar-refractivity contribution in [1.29, 1.82) is 0 Å². The average molecular weight is 174 g/mol. The first-order chi connectivity index (χ1) is 5.76. The molecule has 0 heterocycles. The fourth-order valence-electron chi connectivity index (χ4n) is 0.767. The highest BCUT2D eigenvalue weighted by Crippen LogP contribution is 1.81. The minimum absolute atomic E-state index is 1.19. The van der Waals surface area contributed by atoms with Crippen molar-refractivity contribution in [2.45, 2.75) is 20.8 Å². The van der Waals surface area contributed by atoms with Crippen LogP contribution in [-0.2, 0) is 9.31 Å². The number of hydrogen-bond donors (Lipinski definition) is 0. The Kier molecular flexibility index (Phi) is 16.3.